The van der Waals surface area contributed by atoms with Crippen molar-refractivity contribution in [2.24, 2.45) is 0 Å². The Bertz CT molecular complexity index is 123. The highest BCUT2D eigenvalue weighted by Gasteiger charge is 2.17. The second-order valence-electron chi connectivity index (χ2n) is 2.92. The van der Waals surface area contributed by atoms with Gasteiger partial charge in [0.2, 0.25) is 5.91 Å². The molecule has 0 aliphatic heterocycles. The Kier molecular flexibility index (Phi) is 3.72. The van der Waals surface area contributed by atoms with Crippen molar-refractivity contribution < 1.29 is 4.79 Å². The second kappa shape index (κ2) is 3.81. The summed E-state index contributed by atoms with van der Waals surface area (Å²) >= 11 is 5.58. The van der Waals surface area contributed by atoms with Gasteiger partial charge in [-0.1, -0.05) is 6.92 Å². The second-order valence-corrected chi connectivity index (χ2v) is 3.19. The van der Waals surface area contributed by atoms with Crippen LogP contribution in [0.15, 0.2) is 0 Å². The van der Waals surface area contributed by atoms with Crippen LogP contribution < -0.4 is 5.32 Å². The zero-order valence-electron chi connectivity index (χ0n) is 6.70. The Hall–Kier alpha value is -0.240. The van der Waals surface area contributed by atoms with Crippen molar-refractivity contribution in [3.63, 3.8) is 0 Å². The average molecular weight is 164 g/mol. The molecule has 0 bridgehead atoms. The highest BCUT2D eigenvalue weighted by atomic mass is 35.5. The lowest BCUT2D eigenvalue weighted by atomic mass is 10.1. The van der Waals surface area contributed by atoms with Crippen LogP contribution in [0.5, 0.6) is 0 Å². The molecule has 0 spiro atoms. The molecule has 0 aromatic heterocycles. The van der Waals surface area contributed by atoms with Crippen LogP contribution in [0.4, 0.5) is 0 Å². The van der Waals surface area contributed by atoms with Gasteiger partial charge in [0.25, 0.3) is 0 Å². The molecule has 0 fully saturated rings. The summed E-state index contributed by atoms with van der Waals surface area (Å²) in [6.45, 7) is 5.61. The monoisotopic (exact) mass is 163 g/mol. The van der Waals surface area contributed by atoms with Crippen molar-refractivity contribution in [3.8, 4) is 0 Å². The normalized spacial score (nSPS) is 11.2. The van der Waals surface area contributed by atoms with E-state index < -0.39 is 0 Å². The molecule has 0 aromatic rings. The van der Waals surface area contributed by atoms with Crippen LogP contribution in [-0.4, -0.2) is 17.3 Å². The number of carbonyl (C=O) groups excluding carboxylic acids is 1. The lowest BCUT2D eigenvalue weighted by Gasteiger charge is -2.22. The first-order valence-electron chi connectivity index (χ1n) is 3.39. The van der Waals surface area contributed by atoms with E-state index >= 15 is 0 Å². The summed E-state index contributed by atoms with van der Waals surface area (Å²) in [6.07, 6.45) is 0.514. The van der Waals surface area contributed by atoms with Gasteiger partial charge < -0.3 is 5.32 Å². The number of rotatable bonds is 3. The first kappa shape index (κ1) is 9.76. The van der Waals surface area contributed by atoms with Gasteiger partial charge in [-0.3, -0.25) is 4.79 Å². The van der Waals surface area contributed by atoms with Gasteiger partial charge in [0.1, 0.15) is 0 Å². The molecule has 0 saturated carbocycles. The van der Waals surface area contributed by atoms with Crippen LogP contribution in [0, 0.1) is 0 Å². The van der Waals surface area contributed by atoms with Gasteiger partial charge in [0.15, 0.2) is 0 Å². The molecule has 0 aliphatic rings. The SMILES string of the molecule is CCC(=O)NC(C)(C)CCl. The van der Waals surface area contributed by atoms with E-state index in [-0.39, 0.29) is 11.4 Å². The Morgan fingerprint density at radius 3 is 2.40 bits per heavy atom. The Balaban J connectivity index is 3.76. The van der Waals surface area contributed by atoms with Crippen molar-refractivity contribution in [1.82, 2.24) is 5.32 Å². The average Bonchev–Trinajstić information content (AvgIpc) is 1.87. The van der Waals surface area contributed by atoms with Gasteiger partial charge in [-0.05, 0) is 13.8 Å². The maximum atomic E-state index is 10.8. The van der Waals surface area contributed by atoms with Crippen molar-refractivity contribution in [1.29, 1.82) is 0 Å². The minimum atomic E-state index is -0.269. The summed E-state index contributed by atoms with van der Waals surface area (Å²) in [5.41, 5.74) is -0.269. The van der Waals surface area contributed by atoms with Gasteiger partial charge in [0, 0.05) is 17.8 Å². The van der Waals surface area contributed by atoms with Crippen molar-refractivity contribution in [3.05, 3.63) is 0 Å². The van der Waals surface area contributed by atoms with E-state index in [0.717, 1.165) is 0 Å². The quantitative estimate of drug-likeness (QED) is 0.629. The molecule has 0 heterocycles. The summed E-state index contributed by atoms with van der Waals surface area (Å²) in [6, 6.07) is 0. The summed E-state index contributed by atoms with van der Waals surface area (Å²) in [5.74, 6) is 0.490. The predicted octanol–water partition coefficient (Wildman–Crippen LogP) is 1.53. The van der Waals surface area contributed by atoms with Crippen molar-refractivity contribution >= 4 is 17.5 Å². The number of hydrogen-bond donors (Lipinski definition) is 1. The van der Waals surface area contributed by atoms with Gasteiger partial charge in [0.05, 0.1) is 0 Å². The summed E-state index contributed by atoms with van der Waals surface area (Å²) in [7, 11) is 0. The van der Waals surface area contributed by atoms with E-state index in [1.807, 2.05) is 20.8 Å². The molecule has 0 aromatic carbocycles. The summed E-state index contributed by atoms with van der Waals surface area (Å²) in [4.78, 5) is 10.8. The van der Waals surface area contributed by atoms with E-state index in [9.17, 15) is 4.79 Å². The Morgan fingerprint density at radius 1 is 1.60 bits per heavy atom. The molecule has 1 amide bonds. The Morgan fingerprint density at radius 2 is 2.10 bits per heavy atom. The molecule has 10 heavy (non-hydrogen) atoms. The first-order chi connectivity index (χ1) is 4.52. The van der Waals surface area contributed by atoms with Crippen LogP contribution in [0.25, 0.3) is 0 Å². The number of amides is 1. The number of alkyl halides is 1. The minimum absolute atomic E-state index is 0.0469. The minimum Gasteiger partial charge on any atom is -0.350 e. The predicted molar refractivity (Wildman–Crippen MR) is 43.2 cm³/mol. The third-order valence-corrected chi connectivity index (χ3v) is 1.80. The van der Waals surface area contributed by atoms with Gasteiger partial charge in [-0.15, -0.1) is 11.6 Å². The largest absolute Gasteiger partial charge is 0.350 e. The molecule has 60 valence electrons. The van der Waals surface area contributed by atoms with E-state index in [1.54, 1.807) is 0 Å². The molecule has 0 saturated heterocycles. The fraction of sp³-hybridized carbons (Fsp3) is 0.857. The van der Waals surface area contributed by atoms with Crippen LogP contribution in [0.3, 0.4) is 0 Å². The highest BCUT2D eigenvalue weighted by molar-refractivity contribution is 6.18. The zero-order valence-corrected chi connectivity index (χ0v) is 7.46. The van der Waals surface area contributed by atoms with E-state index in [1.165, 1.54) is 0 Å². The van der Waals surface area contributed by atoms with Gasteiger partial charge in [-0.2, -0.15) is 0 Å². The fourth-order valence-electron chi connectivity index (χ4n) is 0.499. The lowest BCUT2D eigenvalue weighted by Crippen LogP contribution is -2.44. The maximum Gasteiger partial charge on any atom is 0.220 e. The van der Waals surface area contributed by atoms with E-state index in [4.69, 9.17) is 11.6 Å². The standard InChI is InChI=1S/C7H14ClNO/c1-4-6(10)9-7(2,3)5-8/h4-5H2,1-3H3,(H,9,10). The number of halogens is 1. The molecule has 0 rings (SSSR count). The van der Waals surface area contributed by atoms with Crippen molar-refractivity contribution in [2.45, 2.75) is 32.7 Å². The van der Waals surface area contributed by atoms with E-state index in [0.29, 0.717) is 12.3 Å². The van der Waals surface area contributed by atoms with Crippen molar-refractivity contribution in [2.75, 3.05) is 5.88 Å². The van der Waals surface area contributed by atoms with E-state index in [2.05, 4.69) is 5.32 Å². The third-order valence-electron chi connectivity index (χ3n) is 1.13. The zero-order chi connectivity index (χ0) is 8.20. The smallest absolute Gasteiger partial charge is 0.220 e. The topological polar surface area (TPSA) is 29.1 Å². The van der Waals surface area contributed by atoms with Crippen LogP contribution in [0.2, 0.25) is 0 Å². The number of nitrogens with one attached hydrogen (secondary N) is 1. The molecular weight excluding hydrogens is 150 g/mol. The molecule has 2 nitrogen and oxygen atoms in total. The molecular formula is C7H14ClNO. The number of carbonyl (C=O) groups is 1. The molecule has 0 atom stereocenters. The van der Waals surface area contributed by atoms with Gasteiger partial charge >= 0.3 is 0 Å². The van der Waals surface area contributed by atoms with Crippen LogP contribution in [-0.2, 0) is 4.79 Å². The molecule has 0 aliphatic carbocycles. The molecule has 3 heteroatoms. The first-order valence-corrected chi connectivity index (χ1v) is 3.92. The highest BCUT2D eigenvalue weighted by Crippen LogP contribution is 2.03. The maximum absolute atomic E-state index is 10.8. The summed E-state index contributed by atoms with van der Waals surface area (Å²) < 4.78 is 0. The molecule has 0 radical (unpaired) electrons. The Labute approximate surface area is 66.9 Å². The summed E-state index contributed by atoms with van der Waals surface area (Å²) in [5, 5.41) is 2.78. The van der Waals surface area contributed by atoms with Crippen LogP contribution in [0.1, 0.15) is 27.2 Å². The molecule has 0 unspecified atom stereocenters. The third kappa shape index (κ3) is 3.72. The fourth-order valence-corrected chi connectivity index (χ4v) is 0.566. The lowest BCUT2D eigenvalue weighted by molar-refractivity contribution is -0.122. The van der Waals surface area contributed by atoms with Gasteiger partial charge in [-0.25, -0.2) is 0 Å². The molecule has 1 N–H and O–H groups in total. The van der Waals surface area contributed by atoms with Crippen LogP contribution >= 0.6 is 11.6 Å². The number of hydrogen-bond acceptors (Lipinski definition) is 1.